The summed E-state index contributed by atoms with van der Waals surface area (Å²) in [6.45, 7) is 5.14. The van der Waals surface area contributed by atoms with Gasteiger partial charge >= 0.3 is 6.03 Å². The summed E-state index contributed by atoms with van der Waals surface area (Å²) < 4.78 is 0. The minimum atomic E-state index is -0.465. The highest BCUT2D eigenvalue weighted by molar-refractivity contribution is 6.04. The number of nitrogens with zero attached hydrogens (tertiary/aromatic N) is 6. The van der Waals surface area contributed by atoms with E-state index in [0.717, 1.165) is 38.4 Å². The van der Waals surface area contributed by atoms with Gasteiger partial charge in [0.1, 0.15) is 5.84 Å². The summed E-state index contributed by atoms with van der Waals surface area (Å²) in [5, 5.41) is 0. The minimum Gasteiger partial charge on any atom is -0.369 e. The van der Waals surface area contributed by atoms with Crippen molar-refractivity contribution in [3.05, 3.63) is 66.2 Å². The standard InChI is InChI=1S/C26H32N6O2/c1-28-24-23(25(33)29(2)26(28)34)32(14-13-20-9-5-3-6-10-20)22(27-24)19-30-15-17-31(18-16-30)21-11-7-4-8-12-21/h3-12,23-24H,13-19H2,1-2H3. The van der Waals surface area contributed by atoms with E-state index in [-0.39, 0.29) is 11.9 Å². The molecule has 2 fully saturated rings. The van der Waals surface area contributed by atoms with Crippen LogP contribution in [0, 0.1) is 0 Å². The van der Waals surface area contributed by atoms with E-state index in [2.05, 4.69) is 51.1 Å². The van der Waals surface area contributed by atoms with Crippen LogP contribution in [-0.4, -0.2) is 103 Å². The smallest absolute Gasteiger partial charge is 0.328 e. The Hall–Kier alpha value is -3.39. The van der Waals surface area contributed by atoms with Gasteiger partial charge in [0.15, 0.2) is 12.2 Å². The molecule has 178 valence electrons. The molecule has 3 heterocycles. The molecular formula is C26H32N6O2. The van der Waals surface area contributed by atoms with E-state index in [1.807, 2.05) is 24.3 Å². The zero-order valence-electron chi connectivity index (χ0n) is 19.9. The average Bonchev–Trinajstić information content (AvgIpc) is 3.24. The Balaban J connectivity index is 1.31. The van der Waals surface area contributed by atoms with E-state index in [4.69, 9.17) is 4.99 Å². The number of piperazine rings is 1. The Bertz CT molecular complexity index is 1050. The highest BCUT2D eigenvalue weighted by Gasteiger charge is 2.50. The van der Waals surface area contributed by atoms with Crippen LogP contribution < -0.4 is 4.90 Å². The number of carbonyl (C=O) groups is 2. The molecule has 3 amide bonds. The molecule has 2 aromatic carbocycles. The summed E-state index contributed by atoms with van der Waals surface area (Å²) in [6, 6.07) is 20.1. The second-order valence-corrected chi connectivity index (χ2v) is 9.22. The molecule has 2 saturated heterocycles. The molecule has 0 bridgehead atoms. The number of fused-ring (bicyclic) bond motifs is 1. The molecule has 0 aromatic heterocycles. The molecule has 2 atom stereocenters. The number of aliphatic imine (C=N–C) groups is 1. The normalized spacial score (nSPS) is 23.4. The van der Waals surface area contributed by atoms with Crippen LogP contribution in [0.3, 0.4) is 0 Å². The van der Waals surface area contributed by atoms with Gasteiger partial charge in [-0.1, -0.05) is 48.5 Å². The summed E-state index contributed by atoms with van der Waals surface area (Å²) in [5.74, 6) is 0.733. The first-order valence-corrected chi connectivity index (χ1v) is 12.0. The third-order valence-corrected chi connectivity index (χ3v) is 7.14. The van der Waals surface area contributed by atoms with Gasteiger partial charge in [-0.05, 0) is 24.1 Å². The van der Waals surface area contributed by atoms with Crippen LogP contribution in [0.5, 0.6) is 0 Å². The quantitative estimate of drug-likeness (QED) is 0.660. The first-order chi connectivity index (χ1) is 16.5. The predicted octanol–water partition coefficient (Wildman–Crippen LogP) is 1.98. The molecule has 2 aromatic rings. The van der Waals surface area contributed by atoms with Crippen LogP contribution in [0.15, 0.2) is 65.7 Å². The number of amides is 3. The number of anilines is 1. The van der Waals surface area contributed by atoms with Gasteiger partial charge in [0, 0.05) is 52.5 Å². The average molecular weight is 461 g/mol. The third kappa shape index (κ3) is 4.25. The van der Waals surface area contributed by atoms with E-state index in [1.165, 1.54) is 16.2 Å². The topological polar surface area (TPSA) is 62.7 Å². The maximum Gasteiger partial charge on any atom is 0.328 e. The summed E-state index contributed by atoms with van der Waals surface area (Å²) in [7, 11) is 3.30. The molecular weight excluding hydrogens is 428 g/mol. The molecule has 0 saturated carbocycles. The number of amidine groups is 1. The third-order valence-electron chi connectivity index (χ3n) is 7.14. The Kier molecular flexibility index (Phi) is 6.24. The fourth-order valence-electron chi connectivity index (χ4n) is 5.12. The van der Waals surface area contributed by atoms with Gasteiger partial charge in [0.25, 0.3) is 5.91 Å². The molecule has 2 unspecified atom stereocenters. The van der Waals surface area contributed by atoms with Crippen LogP contribution >= 0.6 is 0 Å². The number of carbonyl (C=O) groups excluding carboxylic acids is 2. The van der Waals surface area contributed by atoms with Crippen LogP contribution in [0.4, 0.5) is 10.5 Å². The van der Waals surface area contributed by atoms with Crippen molar-refractivity contribution in [3.63, 3.8) is 0 Å². The fraction of sp³-hybridized carbons (Fsp3) is 0.423. The van der Waals surface area contributed by atoms with Gasteiger partial charge in [-0.3, -0.25) is 14.6 Å². The second kappa shape index (κ2) is 9.46. The summed E-state index contributed by atoms with van der Waals surface area (Å²) >= 11 is 0. The van der Waals surface area contributed by atoms with Crippen molar-refractivity contribution in [3.8, 4) is 0 Å². The number of imide groups is 1. The van der Waals surface area contributed by atoms with Crippen LogP contribution in [-0.2, 0) is 11.2 Å². The van der Waals surface area contributed by atoms with Crippen LogP contribution in [0.2, 0.25) is 0 Å². The number of likely N-dealkylation sites (N-methyl/N-ethyl adjacent to an activating group) is 2. The Labute approximate surface area is 201 Å². The highest BCUT2D eigenvalue weighted by Crippen LogP contribution is 2.28. The molecule has 0 N–H and O–H groups in total. The monoisotopic (exact) mass is 460 g/mol. The maximum absolute atomic E-state index is 13.2. The van der Waals surface area contributed by atoms with E-state index >= 15 is 0 Å². The lowest BCUT2D eigenvalue weighted by Gasteiger charge is -2.41. The van der Waals surface area contributed by atoms with Crippen molar-refractivity contribution in [1.29, 1.82) is 0 Å². The molecule has 0 radical (unpaired) electrons. The highest BCUT2D eigenvalue weighted by atomic mass is 16.2. The Morgan fingerprint density at radius 1 is 0.882 bits per heavy atom. The lowest BCUT2D eigenvalue weighted by molar-refractivity contribution is -0.136. The molecule has 3 aliphatic heterocycles. The number of rotatable bonds is 6. The molecule has 8 heteroatoms. The number of hydrogen-bond donors (Lipinski definition) is 0. The molecule has 8 nitrogen and oxygen atoms in total. The number of para-hydroxylation sites is 1. The Morgan fingerprint density at radius 3 is 2.21 bits per heavy atom. The van der Waals surface area contributed by atoms with Gasteiger partial charge in [-0.25, -0.2) is 9.79 Å². The van der Waals surface area contributed by atoms with Gasteiger partial charge in [-0.15, -0.1) is 0 Å². The van der Waals surface area contributed by atoms with Crippen molar-refractivity contribution < 1.29 is 9.59 Å². The van der Waals surface area contributed by atoms with E-state index < -0.39 is 12.2 Å². The van der Waals surface area contributed by atoms with E-state index in [9.17, 15) is 9.59 Å². The zero-order chi connectivity index (χ0) is 23.7. The van der Waals surface area contributed by atoms with Crippen molar-refractivity contribution in [2.24, 2.45) is 4.99 Å². The zero-order valence-corrected chi connectivity index (χ0v) is 19.9. The molecule has 0 aliphatic carbocycles. The minimum absolute atomic E-state index is 0.172. The summed E-state index contributed by atoms with van der Waals surface area (Å²) in [4.78, 5) is 40.4. The van der Waals surface area contributed by atoms with Crippen molar-refractivity contribution >= 4 is 23.5 Å². The van der Waals surface area contributed by atoms with Gasteiger partial charge < -0.3 is 14.7 Å². The Morgan fingerprint density at radius 2 is 1.53 bits per heavy atom. The van der Waals surface area contributed by atoms with Gasteiger partial charge in [-0.2, -0.15) is 0 Å². The van der Waals surface area contributed by atoms with E-state index in [1.54, 1.807) is 19.0 Å². The maximum atomic E-state index is 13.2. The summed E-state index contributed by atoms with van der Waals surface area (Å²) in [6.07, 6.45) is 0.354. The predicted molar refractivity (Wildman–Crippen MR) is 133 cm³/mol. The SMILES string of the molecule is CN1C(=O)C2C(N=C(CN3CCN(c4ccccc4)CC3)N2CCc2ccccc2)N(C)C1=O. The first-order valence-electron chi connectivity index (χ1n) is 12.0. The van der Waals surface area contributed by atoms with Crippen molar-refractivity contribution in [2.45, 2.75) is 18.6 Å². The van der Waals surface area contributed by atoms with Gasteiger partial charge in [0.05, 0.1) is 6.54 Å². The molecule has 3 aliphatic rings. The van der Waals surface area contributed by atoms with E-state index in [0.29, 0.717) is 13.1 Å². The number of urea groups is 1. The first kappa shape index (κ1) is 22.4. The second-order valence-electron chi connectivity index (χ2n) is 9.22. The number of hydrogen-bond acceptors (Lipinski definition) is 6. The molecule has 5 rings (SSSR count). The van der Waals surface area contributed by atoms with Crippen molar-refractivity contribution in [1.82, 2.24) is 19.6 Å². The fourth-order valence-corrected chi connectivity index (χ4v) is 5.12. The molecule has 34 heavy (non-hydrogen) atoms. The van der Waals surface area contributed by atoms with Crippen molar-refractivity contribution in [2.75, 3.05) is 58.3 Å². The van der Waals surface area contributed by atoms with Crippen LogP contribution in [0.25, 0.3) is 0 Å². The molecule has 0 spiro atoms. The number of benzene rings is 2. The van der Waals surface area contributed by atoms with Crippen LogP contribution in [0.1, 0.15) is 5.56 Å². The largest absolute Gasteiger partial charge is 0.369 e. The summed E-state index contributed by atoms with van der Waals surface area (Å²) in [5.41, 5.74) is 2.48. The lowest BCUT2D eigenvalue weighted by atomic mass is 10.1. The lowest BCUT2D eigenvalue weighted by Crippen LogP contribution is -2.64. The van der Waals surface area contributed by atoms with Gasteiger partial charge in [0.2, 0.25) is 0 Å².